The number of nitrogens with zero attached hydrogens (tertiary/aromatic N) is 1. The molecule has 2 aromatic carbocycles. The van der Waals surface area contributed by atoms with Crippen LogP contribution in [0.2, 0.25) is 0 Å². The van der Waals surface area contributed by atoms with Gasteiger partial charge in [-0.2, -0.15) is 5.26 Å². The zero-order valence-corrected chi connectivity index (χ0v) is 15.0. The molecule has 1 atom stereocenters. The molecule has 0 aliphatic carbocycles. The highest BCUT2D eigenvalue weighted by atomic mass is 16.5. The molecule has 1 unspecified atom stereocenters. The van der Waals surface area contributed by atoms with Gasteiger partial charge in [-0.1, -0.05) is 24.3 Å². The molecule has 4 N–H and O–H groups in total. The van der Waals surface area contributed by atoms with Crippen molar-refractivity contribution in [1.82, 2.24) is 0 Å². The van der Waals surface area contributed by atoms with Gasteiger partial charge in [-0.25, -0.2) is 4.79 Å². The Balaban J connectivity index is 1.94. The number of rotatable bonds is 4. The summed E-state index contributed by atoms with van der Waals surface area (Å²) < 4.78 is 16.4. The van der Waals surface area contributed by atoms with Gasteiger partial charge in [0, 0.05) is 0 Å². The highest BCUT2D eigenvalue weighted by molar-refractivity contribution is 5.97. The second kappa shape index (κ2) is 7.05. The highest BCUT2D eigenvalue weighted by Gasteiger charge is 2.37. The largest absolute Gasteiger partial charge is 0.479 e. The van der Waals surface area contributed by atoms with Crippen LogP contribution in [0.3, 0.4) is 0 Å². The van der Waals surface area contributed by atoms with Crippen LogP contribution in [0.15, 0.2) is 69.2 Å². The van der Waals surface area contributed by atoms with Gasteiger partial charge in [-0.15, -0.1) is 0 Å². The van der Waals surface area contributed by atoms with E-state index in [0.29, 0.717) is 22.3 Å². The van der Waals surface area contributed by atoms with E-state index >= 15 is 0 Å². The number of benzene rings is 2. The van der Waals surface area contributed by atoms with Gasteiger partial charge in [0.05, 0.1) is 22.4 Å². The summed E-state index contributed by atoms with van der Waals surface area (Å²) in [6.45, 7) is -0.103. The standard InChI is InChI=1S/C21H15N3O5/c22-9-10-27-12-7-5-11(6-8-12)15-16-18(29-20(24)17(15)19(23)25)13-3-1-2-4-14(13)28-21(16)26/h1-8,15H,10,24H2,(H2,23,25). The normalized spacial score (nSPS) is 15.3. The molecule has 4 rings (SSSR count). The van der Waals surface area contributed by atoms with Crippen molar-refractivity contribution in [2.45, 2.75) is 5.92 Å². The van der Waals surface area contributed by atoms with Crippen LogP contribution in [0.25, 0.3) is 11.0 Å². The van der Waals surface area contributed by atoms with Crippen molar-refractivity contribution < 1.29 is 18.7 Å². The Labute approximate surface area is 164 Å². The fraction of sp³-hybridized carbons (Fsp3) is 0.0952. The molecule has 8 heteroatoms. The van der Waals surface area contributed by atoms with Crippen LogP contribution in [-0.2, 0) is 4.79 Å². The summed E-state index contributed by atoms with van der Waals surface area (Å²) in [5.74, 6) is -1.16. The van der Waals surface area contributed by atoms with Gasteiger partial charge >= 0.3 is 5.63 Å². The third-order valence-corrected chi connectivity index (χ3v) is 4.64. The molecule has 29 heavy (non-hydrogen) atoms. The fourth-order valence-electron chi connectivity index (χ4n) is 3.42. The number of primary amides is 1. The molecule has 2 heterocycles. The third kappa shape index (κ3) is 3.04. The molecule has 0 fully saturated rings. The van der Waals surface area contributed by atoms with Crippen molar-refractivity contribution in [3.8, 4) is 17.6 Å². The Hall–Kier alpha value is -4.25. The van der Waals surface area contributed by atoms with E-state index in [1.165, 1.54) is 0 Å². The van der Waals surface area contributed by atoms with Crippen molar-refractivity contribution in [2.75, 3.05) is 6.61 Å². The van der Waals surface area contributed by atoms with Crippen LogP contribution >= 0.6 is 0 Å². The van der Waals surface area contributed by atoms with Crippen molar-refractivity contribution in [3.63, 3.8) is 0 Å². The number of carbonyl (C=O) groups is 1. The second-order valence-corrected chi connectivity index (χ2v) is 6.32. The van der Waals surface area contributed by atoms with Crippen LogP contribution in [0.1, 0.15) is 17.0 Å². The molecule has 0 radical (unpaired) electrons. The van der Waals surface area contributed by atoms with Crippen LogP contribution in [0.5, 0.6) is 11.5 Å². The molecule has 0 spiro atoms. The summed E-state index contributed by atoms with van der Waals surface area (Å²) in [5, 5.41) is 9.18. The first-order chi connectivity index (χ1) is 14.0. The SMILES string of the molecule is N#CCOc1ccc(C2C(C(N)=O)=C(N)Oc3c2c(=O)oc2ccccc32)cc1. The van der Waals surface area contributed by atoms with Crippen LogP contribution in [-0.4, -0.2) is 12.5 Å². The number of amides is 1. The number of hydrogen-bond donors (Lipinski definition) is 2. The molecule has 1 amide bonds. The van der Waals surface area contributed by atoms with Gasteiger partial charge < -0.3 is 25.4 Å². The van der Waals surface area contributed by atoms with Crippen molar-refractivity contribution in [1.29, 1.82) is 5.26 Å². The Morgan fingerprint density at radius 2 is 1.90 bits per heavy atom. The molecular formula is C21H15N3O5. The molecule has 0 saturated carbocycles. The van der Waals surface area contributed by atoms with E-state index in [4.69, 9.17) is 30.6 Å². The summed E-state index contributed by atoms with van der Waals surface area (Å²) in [7, 11) is 0. The summed E-state index contributed by atoms with van der Waals surface area (Å²) in [4.78, 5) is 25.0. The number of nitrogens with two attached hydrogens (primary N) is 2. The first kappa shape index (κ1) is 18.1. The molecule has 1 aliphatic rings. The van der Waals surface area contributed by atoms with E-state index in [1.807, 2.05) is 6.07 Å². The lowest BCUT2D eigenvalue weighted by atomic mass is 9.83. The minimum Gasteiger partial charge on any atom is -0.479 e. The van der Waals surface area contributed by atoms with E-state index in [1.54, 1.807) is 48.5 Å². The Bertz CT molecular complexity index is 1250. The van der Waals surface area contributed by atoms with E-state index in [9.17, 15) is 9.59 Å². The maximum atomic E-state index is 12.8. The molecule has 144 valence electrons. The highest BCUT2D eigenvalue weighted by Crippen LogP contribution is 2.43. The van der Waals surface area contributed by atoms with E-state index in [-0.39, 0.29) is 29.4 Å². The Morgan fingerprint density at radius 3 is 2.59 bits per heavy atom. The summed E-state index contributed by atoms with van der Waals surface area (Å²) in [6, 6.07) is 15.3. The smallest absolute Gasteiger partial charge is 0.344 e. The zero-order valence-electron chi connectivity index (χ0n) is 15.0. The average molecular weight is 389 g/mol. The number of hydrogen-bond acceptors (Lipinski definition) is 7. The van der Waals surface area contributed by atoms with E-state index in [0.717, 1.165) is 0 Å². The van der Waals surface area contributed by atoms with E-state index in [2.05, 4.69) is 0 Å². The summed E-state index contributed by atoms with van der Waals surface area (Å²) in [5.41, 5.74) is 11.9. The summed E-state index contributed by atoms with van der Waals surface area (Å²) >= 11 is 0. The molecule has 8 nitrogen and oxygen atoms in total. The molecular weight excluding hydrogens is 374 g/mol. The van der Waals surface area contributed by atoms with Crippen LogP contribution < -0.4 is 26.6 Å². The topological polar surface area (TPSA) is 142 Å². The average Bonchev–Trinajstić information content (AvgIpc) is 2.71. The number of nitriles is 1. The molecule has 0 bridgehead atoms. The molecule has 1 aromatic heterocycles. The van der Waals surface area contributed by atoms with Crippen molar-refractivity contribution >= 4 is 16.9 Å². The predicted molar refractivity (Wildman–Crippen MR) is 103 cm³/mol. The van der Waals surface area contributed by atoms with E-state index < -0.39 is 17.5 Å². The number of carbonyl (C=O) groups excluding carboxylic acids is 1. The first-order valence-electron chi connectivity index (χ1n) is 8.64. The van der Waals surface area contributed by atoms with Crippen LogP contribution in [0, 0.1) is 11.3 Å². The number of fused-ring (bicyclic) bond motifs is 3. The Kier molecular flexibility index (Phi) is 4.41. The van der Waals surface area contributed by atoms with Gasteiger partial charge in [0.15, 0.2) is 12.4 Å². The van der Waals surface area contributed by atoms with Gasteiger partial charge in [0.25, 0.3) is 5.91 Å². The minimum atomic E-state index is -0.873. The maximum Gasteiger partial charge on any atom is 0.344 e. The maximum absolute atomic E-state index is 12.8. The van der Waals surface area contributed by atoms with Gasteiger partial charge in [-0.3, -0.25) is 4.79 Å². The van der Waals surface area contributed by atoms with Gasteiger partial charge in [-0.05, 0) is 29.8 Å². The lowest BCUT2D eigenvalue weighted by molar-refractivity contribution is -0.115. The third-order valence-electron chi connectivity index (χ3n) is 4.64. The number of para-hydroxylation sites is 1. The first-order valence-corrected chi connectivity index (χ1v) is 8.64. The molecule has 3 aromatic rings. The lowest BCUT2D eigenvalue weighted by Crippen LogP contribution is -2.32. The molecule has 0 saturated heterocycles. The quantitative estimate of drug-likeness (QED) is 0.649. The number of ether oxygens (including phenoxy) is 2. The Morgan fingerprint density at radius 1 is 1.17 bits per heavy atom. The predicted octanol–water partition coefficient (Wildman–Crippen LogP) is 1.88. The van der Waals surface area contributed by atoms with Gasteiger partial charge in [0.1, 0.15) is 17.4 Å². The summed E-state index contributed by atoms with van der Waals surface area (Å²) in [6.07, 6.45) is 0. The zero-order chi connectivity index (χ0) is 20.5. The fourth-order valence-corrected chi connectivity index (χ4v) is 3.42. The second-order valence-electron chi connectivity index (χ2n) is 6.32. The molecule has 1 aliphatic heterocycles. The van der Waals surface area contributed by atoms with Gasteiger partial charge in [0.2, 0.25) is 5.88 Å². The minimum absolute atomic E-state index is 0.0363. The lowest BCUT2D eigenvalue weighted by Gasteiger charge is -2.27. The monoisotopic (exact) mass is 389 g/mol. The van der Waals surface area contributed by atoms with Crippen LogP contribution in [0.4, 0.5) is 0 Å². The van der Waals surface area contributed by atoms with Crippen molar-refractivity contribution in [3.05, 3.63) is 81.5 Å². The van der Waals surface area contributed by atoms with Crippen molar-refractivity contribution in [2.24, 2.45) is 11.5 Å².